The Kier molecular flexibility index (Phi) is 6.31. The number of rotatable bonds is 5. The van der Waals surface area contributed by atoms with Crippen molar-refractivity contribution in [3.8, 4) is 11.8 Å². The van der Waals surface area contributed by atoms with Crippen LogP contribution >= 0.6 is 23.1 Å². The number of halogens is 1. The molecule has 0 atom stereocenters. The second kappa shape index (κ2) is 8.63. The number of carbonyl (C=O) groups excluding carboxylic acids is 1. The van der Waals surface area contributed by atoms with Crippen molar-refractivity contribution in [2.45, 2.75) is 25.9 Å². The largest absolute Gasteiger partial charge is 0.318 e. The van der Waals surface area contributed by atoms with Gasteiger partial charge in [-0.15, -0.1) is 0 Å². The molecule has 0 fully saturated rings. The van der Waals surface area contributed by atoms with Crippen molar-refractivity contribution in [2.24, 2.45) is 0 Å². The first-order valence-corrected chi connectivity index (χ1v) is 12.0. The quantitative estimate of drug-likeness (QED) is 0.442. The molecule has 1 N–H and O–H groups in total. The molecule has 0 unspecified atom stereocenters. The van der Waals surface area contributed by atoms with Crippen molar-refractivity contribution in [2.75, 3.05) is 11.6 Å². The lowest BCUT2D eigenvalue weighted by molar-refractivity contribution is -0.112. The van der Waals surface area contributed by atoms with Gasteiger partial charge in [-0.1, -0.05) is 17.7 Å². The molecule has 2 heterocycles. The maximum absolute atomic E-state index is 12.5. The summed E-state index contributed by atoms with van der Waals surface area (Å²) < 4.78 is 28.7. The highest BCUT2D eigenvalue weighted by molar-refractivity contribution is 7.90. The molecule has 0 saturated carbocycles. The normalized spacial score (nSPS) is 11.9. The first-order chi connectivity index (χ1) is 14.5. The molecule has 1 aromatic carbocycles. The number of aryl methyl sites for hydroxylation is 1. The van der Waals surface area contributed by atoms with E-state index < -0.39 is 15.7 Å². The monoisotopic (exact) mass is 475 g/mol. The highest BCUT2D eigenvalue weighted by atomic mass is 35.5. The summed E-state index contributed by atoms with van der Waals surface area (Å²) >= 11 is 6.98. The van der Waals surface area contributed by atoms with Crippen LogP contribution in [0.3, 0.4) is 0 Å². The van der Waals surface area contributed by atoms with Gasteiger partial charge in [0.05, 0.1) is 0 Å². The lowest BCUT2D eigenvalue weighted by atomic mass is 10.1. The Morgan fingerprint density at radius 1 is 1.32 bits per heavy atom. The summed E-state index contributed by atoms with van der Waals surface area (Å²) in [6, 6.07) is 9.37. The smallest absolute Gasteiger partial charge is 0.268 e. The number of nitrogens with one attached hydrogen (secondary N) is 1. The van der Waals surface area contributed by atoms with Gasteiger partial charge in [-0.05, 0) is 56.2 Å². The molecule has 3 aromatic rings. The van der Waals surface area contributed by atoms with E-state index in [4.69, 9.17) is 11.6 Å². The van der Waals surface area contributed by atoms with E-state index in [2.05, 4.69) is 14.7 Å². The third-order valence-electron chi connectivity index (χ3n) is 4.57. The van der Waals surface area contributed by atoms with Crippen molar-refractivity contribution in [1.82, 2.24) is 13.9 Å². The van der Waals surface area contributed by atoms with E-state index >= 15 is 0 Å². The second-order valence-corrected chi connectivity index (χ2v) is 9.89. The van der Waals surface area contributed by atoms with Crippen LogP contribution in [-0.2, 0) is 14.6 Å². The summed E-state index contributed by atoms with van der Waals surface area (Å²) in [7, 11) is -3.59. The van der Waals surface area contributed by atoms with Gasteiger partial charge in [0.1, 0.15) is 11.6 Å². The Morgan fingerprint density at radius 2 is 2.03 bits per heavy atom. The van der Waals surface area contributed by atoms with Crippen molar-refractivity contribution in [1.29, 1.82) is 5.26 Å². The molecule has 8 nitrogen and oxygen atoms in total. The molecular weight excluding hydrogens is 458 g/mol. The lowest BCUT2D eigenvalue weighted by Gasteiger charge is -2.13. The molecule has 0 spiro atoms. The molecule has 0 aliphatic heterocycles. The molecule has 0 bridgehead atoms. The van der Waals surface area contributed by atoms with Crippen LogP contribution in [-0.4, -0.2) is 34.5 Å². The zero-order chi connectivity index (χ0) is 22.9. The minimum absolute atomic E-state index is 0.00778. The lowest BCUT2D eigenvalue weighted by Crippen LogP contribution is -2.13. The summed E-state index contributed by atoms with van der Waals surface area (Å²) in [5.41, 5.74) is 4.11. The molecule has 31 heavy (non-hydrogen) atoms. The third-order valence-corrected chi connectivity index (χ3v) is 6.58. The molecule has 160 valence electrons. The first kappa shape index (κ1) is 22.7. The number of aromatic nitrogens is 3. The topological polar surface area (TPSA) is 118 Å². The van der Waals surface area contributed by atoms with Crippen molar-refractivity contribution >= 4 is 50.1 Å². The maximum Gasteiger partial charge on any atom is 0.268 e. The minimum Gasteiger partial charge on any atom is -0.318 e. The fraction of sp³-hybridized carbons (Fsp3) is 0.200. The van der Waals surface area contributed by atoms with Gasteiger partial charge in [0.2, 0.25) is 15.0 Å². The molecule has 11 heteroatoms. The molecule has 0 radical (unpaired) electrons. The van der Waals surface area contributed by atoms with Crippen LogP contribution in [0.25, 0.3) is 11.8 Å². The van der Waals surface area contributed by atoms with Gasteiger partial charge in [-0.25, -0.2) is 8.42 Å². The fourth-order valence-electron chi connectivity index (χ4n) is 3.02. The average Bonchev–Trinajstić information content (AvgIpc) is 3.27. The highest BCUT2D eigenvalue weighted by Gasteiger charge is 2.19. The Labute approximate surface area is 188 Å². The fourth-order valence-corrected chi connectivity index (χ4v) is 4.63. The van der Waals surface area contributed by atoms with Crippen LogP contribution in [0, 0.1) is 32.1 Å². The van der Waals surface area contributed by atoms with Crippen molar-refractivity contribution in [3.63, 3.8) is 0 Å². The number of hydrogen-bond acceptors (Lipinski definition) is 7. The standard InChI is InChI=1S/C20H18ClN5O3S2/c1-11-8-14(13(3)26(11)17-7-5-6-16(21)12(17)2)9-15(10-22)18(27)23-19-24-20(25-30-19)31(4,28)29/h5-9H,1-4H3,(H,23,24,25,27). The number of hydrogen-bond donors (Lipinski definition) is 1. The van der Waals surface area contributed by atoms with Crippen LogP contribution in [0.4, 0.5) is 5.13 Å². The summed E-state index contributed by atoms with van der Waals surface area (Å²) in [5.74, 6) is -0.706. The third kappa shape index (κ3) is 4.69. The second-order valence-electron chi connectivity index (χ2n) is 6.82. The molecule has 0 saturated heterocycles. The molecular formula is C20H18ClN5O3S2. The number of anilines is 1. The zero-order valence-corrected chi connectivity index (χ0v) is 19.5. The number of nitriles is 1. The van der Waals surface area contributed by atoms with E-state index in [1.165, 1.54) is 6.08 Å². The van der Waals surface area contributed by atoms with Gasteiger partial charge in [-0.3, -0.25) is 10.1 Å². The van der Waals surface area contributed by atoms with Gasteiger partial charge in [-0.2, -0.15) is 14.6 Å². The first-order valence-electron chi connectivity index (χ1n) is 8.94. The highest BCUT2D eigenvalue weighted by Crippen LogP contribution is 2.28. The van der Waals surface area contributed by atoms with Gasteiger partial charge in [0.15, 0.2) is 0 Å². The van der Waals surface area contributed by atoms with Crippen molar-refractivity contribution < 1.29 is 13.2 Å². The van der Waals surface area contributed by atoms with Gasteiger partial charge in [0.25, 0.3) is 11.1 Å². The molecule has 0 aliphatic carbocycles. The van der Waals surface area contributed by atoms with E-state index in [0.717, 1.165) is 40.4 Å². The molecule has 1 amide bonds. The Balaban J connectivity index is 1.94. The van der Waals surface area contributed by atoms with Crippen LogP contribution < -0.4 is 5.32 Å². The summed E-state index contributed by atoms with van der Waals surface area (Å²) in [4.78, 5) is 16.3. The number of carbonyl (C=O) groups is 1. The van der Waals surface area contributed by atoms with Gasteiger partial charge in [0, 0.05) is 39.9 Å². The summed E-state index contributed by atoms with van der Waals surface area (Å²) in [5, 5.41) is 12.2. The van der Waals surface area contributed by atoms with Crippen LogP contribution in [0.5, 0.6) is 0 Å². The number of benzene rings is 1. The summed E-state index contributed by atoms with van der Waals surface area (Å²) in [6.45, 7) is 5.73. The van der Waals surface area contributed by atoms with E-state index in [0.29, 0.717) is 10.6 Å². The Morgan fingerprint density at radius 3 is 2.65 bits per heavy atom. The number of nitrogens with zero attached hydrogens (tertiary/aromatic N) is 4. The maximum atomic E-state index is 12.5. The Hall–Kier alpha value is -3.00. The SMILES string of the molecule is Cc1c(Cl)cccc1-n1c(C)cc(C=C(C#N)C(=O)Nc2nc(S(C)(=O)=O)ns2)c1C. The zero-order valence-electron chi connectivity index (χ0n) is 17.1. The van der Waals surface area contributed by atoms with Crippen LogP contribution in [0.1, 0.15) is 22.5 Å². The Bertz CT molecular complexity index is 1360. The van der Waals surface area contributed by atoms with Crippen molar-refractivity contribution in [3.05, 3.63) is 57.4 Å². The van der Waals surface area contributed by atoms with Gasteiger partial charge < -0.3 is 4.57 Å². The number of sulfone groups is 1. The predicted octanol–water partition coefficient (Wildman–Crippen LogP) is 3.86. The van der Waals surface area contributed by atoms with Crippen LogP contribution in [0.15, 0.2) is 35.0 Å². The van der Waals surface area contributed by atoms with E-state index in [9.17, 15) is 18.5 Å². The van der Waals surface area contributed by atoms with E-state index in [-0.39, 0.29) is 15.9 Å². The molecule has 2 aromatic heterocycles. The van der Waals surface area contributed by atoms with Crippen LogP contribution in [0.2, 0.25) is 5.02 Å². The van der Waals surface area contributed by atoms with E-state index in [1.54, 1.807) is 0 Å². The minimum atomic E-state index is -3.59. The van der Waals surface area contributed by atoms with E-state index in [1.807, 2.05) is 55.7 Å². The van der Waals surface area contributed by atoms with Gasteiger partial charge >= 0.3 is 0 Å². The summed E-state index contributed by atoms with van der Waals surface area (Å²) in [6.07, 6.45) is 2.45. The molecule has 0 aliphatic rings. The molecule has 3 rings (SSSR count). The number of amides is 1. The predicted molar refractivity (Wildman–Crippen MR) is 120 cm³/mol. The average molecular weight is 476 g/mol.